The van der Waals surface area contributed by atoms with Gasteiger partial charge in [-0.1, -0.05) is 31.9 Å². The number of hydrogen-bond donors (Lipinski definition) is 1. The Bertz CT molecular complexity index is 991. The summed E-state index contributed by atoms with van der Waals surface area (Å²) in [6.07, 6.45) is 3.41. The second-order valence-electron chi connectivity index (χ2n) is 6.02. The van der Waals surface area contributed by atoms with Crippen LogP contribution in [0.1, 0.15) is 35.5 Å². The number of thioether (sulfide) groups is 1. The molecule has 0 unspecified atom stereocenters. The summed E-state index contributed by atoms with van der Waals surface area (Å²) >= 11 is 1.57. The Morgan fingerprint density at radius 2 is 1.85 bits per heavy atom. The summed E-state index contributed by atoms with van der Waals surface area (Å²) in [5, 5.41) is 4.01. The first-order chi connectivity index (χ1) is 13.1. The maximum Gasteiger partial charge on any atom is 0.258 e. The van der Waals surface area contributed by atoms with Gasteiger partial charge in [-0.2, -0.15) is 0 Å². The van der Waals surface area contributed by atoms with Crippen molar-refractivity contribution in [3.8, 4) is 11.8 Å². The number of carbonyl (C=O) groups is 1. The molecule has 3 rings (SSSR count). The first kappa shape index (κ1) is 18.7. The molecule has 0 atom stereocenters. The Morgan fingerprint density at radius 3 is 2.63 bits per heavy atom. The molecule has 0 saturated carbocycles. The van der Waals surface area contributed by atoms with E-state index in [0.717, 1.165) is 10.6 Å². The monoisotopic (exact) mass is 373 g/mol. The number of carbonyl (C=O) groups excluding carboxylic acids is 1. The van der Waals surface area contributed by atoms with Gasteiger partial charge in [-0.3, -0.25) is 4.79 Å². The highest BCUT2D eigenvalue weighted by molar-refractivity contribution is 7.99. The number of pyridine rings is 2. The molecule has 5 heteroatoms. The SMILES string of the molecule is CC(C)Sc1ncccc1C(=O)Nc1cccc(C#Cc2ccccn2)c1. The van der Waals surface area contributed by atoms with Crippen molar-refractivity contribution < 1.29 is 4.79 Å². The number of hydrogen-bond acceptors (Lipinski definition) is 4. The molecule has 0 aliphatic rings. The molecular formula is C22H19N3OS. The van der Waals surface area contributed by atoms with Gasteiger partial charge in [0.15, 0.2) is 0 Å². The minimum atomic E-state index is -0.180. The van der Waals surface area contributed by atoms with E-state index >= 15 is 0 Å². The molecule has 1 amide bonds. The normalized spacial score (nSPS) is 10.2. The minimum absolute atomic E-state index is 0.180. The van der Waals surface area contributed by atoms with Crippen molar-refractivity contribution in [2.45, 2.75) is 24.1 Å². The zero-order chi connectivity index (χ0) is 19.1. The first-order valence-corrected chi connectivity index (χ1v) is 9.46. The summed E-state index contributed by atoms with van der Waals surface area (Å²) in [4.78, 5) is 21.2. The van der Waals surface area contributed by atoms with Gasteiger partial charge < -0.3 is 5.32 Å². The smallest absolute Gasteiger partial charge is 0.258 e. The van der Waals surface area contributed by atoms with Crippen molar-refractivity contribution in [1.82, 2.24) is 9.97 Å². The summed E-state index contributed by atoms with van der Waals surface area (Å²) < 4.78 is 0. The Hall–Kier alpha value is -3.10. The summed E-state index contributed by atoms with van der Waals surface area (Å²) in [6.45, 7) is 4.15. The lowest BCUT2D eigenvalue weighted by Gasteiger charge is -2.10. The van der Waals surface area contributed by atoms with Gasteiger partial charge in [0.2, 0.25) is 0 Å². The van der Waals surface area contributed by atoms with E-state index in [4.69, 9.17) is 0 Å². The average molecular weight is 373 g/mol. The van der Waals surface area contributed by atoms with Crippen LogP contribution in [0.2, 0.25) is 0 Å². The molecule has 2 heterocycles. The fourth-order valence-corrected chi connectivity index (χ4v) is 3.18. The van der Waals surface area contributed by atoms with E-state index in [2.05, 4.69) is 41.0 Å². The molecule has 0 bridgehead atoms. The van der Waals surface area contributed by atoms with Crippen LogP contribution >= 0.6 is 11.8 Å². The zero-order valence-corrected chi connectivity index (χ0v) is 16.0. The van der Waals surface area contributed by atoms with Crippen LogP contribution in [0.3, 0.4) is 0 Å². The van der Waals surface area contributed by atoms with Crippen molar-refractivity contribution in [3.05, 3.63) is 83.8 Å². The maximum absolute atomic E-state index is 12.7. The molecule has 0 aliphatic heterocycles. The number of nitrogens with one attached hydrogen (secondary N) is 1. The Morgan fingerprint density at radius 1 is 1.00 bits per heavy atom. The molecule has 1 N–H and O–H groups in total. The molecule has 3 aromatic rings. The van der Waals surface area contributed by atoms with Gasteiger partial charge >= 0.3 is 0 Å². The van der Waals surface area contributed by atoms with E-state index in [9.17, 15) is 4.79 Å². The third-order valence-electron chi connectivity index (χ3n) is 3.48. The molecule has 1 aromatic carbocycles. The van der Waals surface area contributed by atoms with Gasteiger partial charge in [0.05, 0.1) is 5.56 Å². The number of aromatic nitrogens is 2. The van der Waals surface area contributed by atoms with E-state index in [0.29, 0.717) is 22.2 Å². The first-order valence-electron chi connectivity index (χ1n) is 8.58. The van der Waals surface area contributed by atoms with Crippen LogP contribution in [0.4, 0.5) is 5.69 Å². The molecule has 27 heavy (non-hydrogen) atoms. The third kappa shape index (κ3) is 5.44. The predicted molar refractivity (Wildman–Crippen MR) is 110 cm³/mol. The van der Waals surface area contributed by atoms with Crippen LogP contribution in [0.25, 0.3) is 0 Å². The Kier molecular flexibility index (Phi) is 6.24. The van der Waals surface area contributed by atoms with Gasteiger partial charge in [-0.05, 0) is 48.4 Å². The lowest BCUT2D eigenvalue weighted by Crippen LogP contribution is -2.14. The Balaban J connectivity index is 1.77. The Labute approximate surface area is 163 Å². The number of rotatable bonds is 4. The minimum Gasteiger partial charge on any atom is -0.322 e. The average Bonchev–Trinajstić information content (AvgIpc) is 2.67. The van der Waals surface area contributed by atoms with Crippen LogP contribution in [0, 0.1) is 11.8 Å². The molecule has 134 valence electrons. The standard InChI is InChI=1S/C22H19N3OS/c1-16(2)27-22-20(10-6-14-24-22)21(26)25-19-9-5-7-17(15-19)11-12-18-8-3-4-13-23-18/h3-10,13-16H,1-2H3,(H,25,26). The van der Waals surface area contributed by atoms with Gasteiger partial charge in [0.1, 0.15) is 10.7 Å². The molecule has 4 nitrogen and oxygen atoms in total. The molecule has 2 aromatic heterocycles. The number of benzene rings is 1. The van der Waals surface area contributed by atoms with Crippen molar-refractivity contribution in [1.29, 1.82) is 0 Å². The number of nitrogens with zero attached hydrogens (tertiary/aromatic N) is 2. The highest BCUT2D eigenvalue weighted by Crippen LogP contribution is 2.25. The van der Waals surface area contributed by atoms with E-state index in [1.165, 1.54) is 0 Å². The largest absolute Gasteiger partial charge is 0.322 e. The van der Waals surface area contributed by atoms with Gasteiger partial charge in [0.25, 0.3) is 5.91 Å². The fraction of sp³-hybridized carbons (Fsp3) is 0.136. The van der Waals surface area contributed by atoms with E-state index < -0.39 is 0 Å². The van der Waals surface area contributed by atoms with Crippen LogP contribution in [0.15, 0.2) is 72.0 Å². The van der Waals surface area contributed by atoms with E-state index in [-0.39, 0.29) is 5.91 Å². The van der Waals surface area contributed by atoms with Crippen LogP contribution in [-0.2, 0) is 0 Å². The highest BCUT2D eigenvalue weighted by atomic mass is 32.2. The van der Waals surface area contributed by atoms with Crippen molar-refractivity contribution in [2.75, 3.05) is 5.32 Å². The van der Waals surface area contributed by atoms with Crippen LogP contribution < -0.4 is 5.32 Å². The topological polar surface area (TPSA) is 54.9 Å². The summed E-state index contributed by atoms with van der Waals surface area (Å²) in [5.41, 5.74) is 2.78. The van der Waals surface area contributed by atoms with Crippen molar-refractivity contribution in [2.24, 2.45) is 0 Å². The molecule has 0 aliphatic carbocycles. The zero-order valence-electron chi connectivity index (χ0n) is 15.1. The second-order valence-corrected chi connectivity index (χ2v) is 7.59. The van der Waals surface area contributed by atoms with E-state index in [1.807, 2.05) is 42.5 Å². The molecular weight excluding hydrogens is 354 g/mol. The lowest BCUT2D eigenvalue weighted by atomic mass is 10.2. The summed E-state index contributed by atoms with van der Waals surface area (Å²) in [6, 6.07) is 16.6. The van der Waals surface area contributed by atoms with Crippen LogP contribution in [-0.4, -0.2) is 21.1 Å². The lowest BCUT2D eigenvalue weighted by molar-refractivity contribution is 0.102. The quantitative estimate of drug-likeness (QED) is 0.535. The maximum atomic E-state index is 12.7. The summed E-state index contributed by atoms with van der Waals surface area (Å²) in [5.74, 6) is 5.91. The van der Waals surface area contributed by atoms with Gasteiger partial charge in [-0.25, -0.2) is 9.97 Å². The van der Waals surface area contributed by atoms with E-state index in [1.54, 1.807) is 36.3 Å². The third-order valence-corrected chi connectivity index (χ3v) is 4.50. The van der Waals surface area contributed by atoms with Gasteiger partial charge in [0, 0.05) is 28.9 Å². The second kappa shape index (κ2) is 9.02. The van der Waals surface area contributed by atoms with Gasteiger partial charge in [-0.15, -0.1) is 11.8 Å². The molecule has 0 spiro atoms. The predicted octanol–water partition coefficient (Wildman–Crippen LogP) is 4.63. The van der Waals surface area contributed by atoms with Crippen LogP contribution in [0.5, 0.6) is 0 Å². The fourth-order valence-electron chi connectivity index (χ4n) is 2.33. The molecule has 0 fully saturated rings. The molecule has 0 saturated heterocycles. The summed E-state index contributed by atoms with van der Waals surface area (Å²) in [7, 11) is 0. The highest BCUT2D eigenvalue weighted by Gasteiger charge is 2.14. The van der Waals surface area contributed by atoms with Crippen molar-refractivity contribution >= 4 is 23.4 Å². The number of anilines is 1. The molecule has 0 radical (unpaired) electrons. The van der Waals surface area contributed by atoms with Crippen molar-refractivity contribution in [3.63, 3.8) is 0 Å². The number of amides is 1.